The highest BCUT2D eigenvalue weighted by Gasteiger charge is 2.25. The number of hydrogen-bond acceptors (Lipinski definition) is 3. The largest absolute Gasteiger partial charge is 0.438 e. The molecule has 2 aromatic heterocycles. The SMILES string of the molecule is CC(C)(C)c1nc(-c2ccc3ccccc3c2)nc2oc3ccccc3c12. The van der Waals surface area contributed by atoms with Crippen LogP contribution in [-0.4, -0.2) is 9.97 Å². The molecule has 0 amide bonds. The van der Waals surface area contributed by atoms with Gasteiger partial charge >= 0.3 is 0 Å². The number of hydrogen-bond donors (Lipinski definition) is 0. The zero-order valence-electron chi connectivity index (χ0n) is 15.7. The van der Waals surface area contributed by atoms with Crippen molar-refractivity contribution in [2.75, 3.05) is 0 Å². The van der Waals surface area contributed by atoms with Gasteiger partial charge in [-0.25, -0.2) is 4.98 Å². The minimum atomic E-state index is -0.126. The average Bonchev–Trinajstić information content (AvgIpc) is 3.04. The molecule has 0 unspecified atom stereocenters. The molecule has 3 aromatic carbocycles. The molecule has 0 N–H and O–H groups in total. The minimum absolute atomic E-state index is 0.126. The molecule has 0 aliphatic heterocycles. The van der Waals surface area contributed by atoms with Gasteiger partial charge in [-0.15, -0.1) is 0 Å². The maximum Gasteiger partial charge on any atom is 0.231 e. The van der Waals surface area contributed by atoms with E-state index < -0.39 is 0 Å². The molecule has 0 aliphatic carbocycles. The van der Waals surface area contributed by atoms with Crippen molar-refractivity contribution < 1.29 is 4.42 Å². The van der Waals surface area contributed by atoms with E-state index >= 15 is 0 Å². The van der Waals surface area contributed by atoms with E-state index in [1.165, 1.54) is 10.8 Å². The lowest BCUT2D eigenvalue weighted by Crippen LogP contribution is -2.15. The molecular weight excluding hydrogens is 332 g/mol. The molecule has 0 saturated carbocycles. The number of para-hydroxylation sites is 1. The van der Waals surface area contributed by atoms with E-state index in [9.17, 15) is 0 Å². The molecule has 3 nitrogen and oxygen atoms in total. The van der Waals surface area contributed by atoms with Crippen molar-refractivity contribution in [3.8, 4) is 11.4 Å². The molecule has 5 aromatic rings. The van der Waals surface area contributed by atoms with Crippen LogP contribution >= 0.6 is 0 Å². The lowest BCUT2D eigenvalue weighted by atomic mass is 9.89. The van der Waals surface area contributed by atoms with Gasteiger partial charge in [0, 0.05) is 16.4 Å². The molecule has 0 bridgehead atoms. The van der Waals surface area contributed by atoms with Gasteiger partial charge in [0.2, 0.25) is 5.71 Å². The van der Waals surface area contributed by atoms with Gasteiger partial charge in [-0.2, -0.15) is 4.98 Å². The van der Waals surface area contributed by atoms with Gasteiger partial charge in [0.05, 0.1) is 11.1 Å². The highest BCUT2D eigenvalue weighted by Crippen LogP contribution is 2.36. The molecule has 0 radical (unpaired) electrons. The second-order valence-electron chi connectivity index (χ2n) is 7.99. The fourth-order valence-corrected chi connectivity index (χ4v) is 3.62. The normalized spacial score (nSPS) is 12.3. The van der Waals surface area contributed by atoms with Crippen LogP contribution in [0.15, 0.2) is 71.1 Å². The van der Waals surface area contributed by atoms with Crippen LogP contribution in [0.3, 0.4) is 0 Å². The Morgan fingerprint density at radius 2 is 1.52 bits per heavy atom. The second-order valence-corrected chi connectivity index (χ2v) is 7.99. The van der Waals surface area contributed by atoms with Crippen molar-refractivity contribution in [3.05, 3.63) is 72.4 Å². The predicted octanol–water partition coefficient (Wildman–Crippen LogP) is 6.49. The van der Waals surface area contributed by atoms with Gasteiger partial charge in [-0.3, -0.25) is 0 Å². The maximum absolute atomic E-state index is 6.09. The molecule has 27 heavy (non-hydrogen) atoms. The first-order valence-corrected chi connectivity index (χ1v) is 9.20. The molecule has 0 aliphatic rings. The lowest BCUT2D eigenvalue weighted by molar-refractivity contribution is 0.572. The Balaban J connectivity index is 1.83. The third-order valence-corrected chi connectivity index (χ3v) is 4.96. The van der Waals surface area contributed by atoms with Crippen LogP contribution in [0.4, 0.5) is 0 Å². The average molecular weight is 352 g/mol. The Morgan fingerprint density at radius 3 is 2.33 bits per heavy atom. The second kappa shape index (κ2) is 5.65. The number of benzene rings is 3. The van der Waals surface area contributed by atoms with E-state index in [0.717, 1.165) is 27.6 Å². The topological polar surface area (TPSA) is 38.9 Å². The van der Waals surface area contributed by atoms with E-state index in [-0.39, 0.29) is 5.41 Å². The fraction of sp³-hybridized carbons (Fsp3) is 0.167. The smallest absolute Gasteiger partial charge is 0.231 e. The van der Waals surface area contributed by atoms with E-state index in [4.69, 9.17) is 14.4 Å². The highest BCUT2D eigenvalue weighted by atomic mass is 16.3. The van der Waals surface area contributed by atoms with Crippen molar-refractivity contribution in [2.45, 2.75) is 26.2 Å². The van der Waals surface area contributed by atoms with Crippen molar-refractivity contribution >= 4 is 32.8 Å². The molecule has 5 rings (SSSR count). The number of nitrogens with zero attached hydrogens (tertiary/aromatic N) is 2. The van der Waals surface area contributed by atoms with Crippen LogP contribution in [0.25, 0.3) is 44.2 Å². The Kier molecular flexibility index (Phi) is 3.35. The van der Waals surface area contributed by atoms with Crippen molar-refractivity contribution in [2.24, 2.45) is 0 Å². The summed E-state index contributed by atoms with van der Waals surface area (Å²) in [6.45, 7) is 6.54. The summed E-state index contributed by atoms with van der Waals surface area (Å²) in [7, 11) is 0. The molecular formula is C24H20N2O. The summed E-state index contributed by atoms with van der Waals surface area (Å²) in [5, 5.41) is 4.48. The predicted molar refractivity (Wildman–Crippen MR) is 111 cm³/mol. The van der Waals surface area contributed by atoms with Crippen LogP contribution in [0, 0.1) is 0 Å². The Bertz CT molecular complexity index is 1310. The number of fused-ring (bicyclic) bond motifs is 4. The first-order valence-electron chi connectivity index (χ1n) is 9.20. The Labute approximate surface area is 157 Å². The lowest BCUT2D eigenvalue weighted by Gasteiger charge is -2.19. The van der Waals surface area contributed by atoms with Gasteiger partial charge in [0.1, 0.15) is 5.58 Å². The van der Waals surface area contributed by atoms with Crippen LogP contribution in [0.1, 0.15) is 26.5 Å². The third kappa shape index (κ3) is 2.58. The van der Waals surface area contributed by atoms with Crippen molar-refractivity contribution in [1.82, 2.24) is 9.97 Å². The van der Waals surface area contributed by atoms with Crippen LogP contribution in [0.2, 0.25) is 0 Å². The number of aromatic nitrogens is 2. The van der Waals surface area contributed by atoms with Gasteiger partial charge in [0.25, 0.3) is 0 Å². The molecule has 0 spiro atoms. The fourth-order valence-electron chi connectivity index (χ4n) is 3.62. The van der Waals surface area contributed by atoms with Gasteiger partial charge in [-0.1, -0.05) is 75.4 Å². The highest BCUT2D eigenvalue weighted by molar-refractivity contribution is 6.05. The summed E-state index contributed by atoms with van der Waals surface area (Å²) < 4.78 is 6.09. The van der Waals surface area contributed by atoms with E-state index in [1.54, 1.807) is 0 Å². The maximum atomic E-state index is 6.09. The van der Waals surface area contributed by atoms with Crippen LogP contribution in [0.5, 0.6) is 0 Å². The summed E-state index contributed by atoms with van der Waals surface area (Å²) >= 11 is 0. The minimum Gasteiger partial charge on any atom is -0.438 e. The summed E-state index contributed by atoms with van der Waals surface area (Å²) in [6.07, 6.45) is 0. The zero-order chi connectivity index (χ0) is 18.6. The number of furan rings is 1. The molecule has 132 valence electrons. The van der Waals surface area contributed by atoms with Crippen LogP contribution < -0.4 is 0 Å². The molecule has 0 atom stereocenters. The monoisotopic (exact) mass is 352 g/mol. The summed E-state index contributed by atoms with van der Waals surface area (Å²) in [6, 6.07) is 22.8. The molecule has 0 saturated heterocycles. The number of rotatable bonds is 1. The summed E-state index contributed by atoms with van der Waals surface area (Å²) in [4.78, 5) is 9.79. The van der Waals surface area contributed by atoms with Crippen molar-refractivity contribution in [1.29, 1.82) is 0 Å². The quantitative estimate of drug-likeness (QED) is 0.346. The zero-order valence-corrected chi connectivity index (χ0v) is 15.7. The first kappa shape index (κ1) is 16.0. The summed E-state index contributed by atoms with van der Waals surface area (Å²) in [5.74, 6) is 0.706. The van der Waals surface area contributed by atoms with E-state index in [2.05, 4.69) is 69.3 Å². The van der Waals surface area contributed by atoms with Gasteiger partial charge in [0.15, 0.2) is 5.82 Å². The van der Waals surface area contributed by atoms with E-state index in [1.807, 2.05) is 18.2 Å². The molecule has 3 heteroatoms. The Morgan fingerprint density at radius 1 is 0.778 bits per heavy atom. The third-order valence-electron chi connectivity index (χ3n) is 4.96. The standard InChI is InChI=1S/C24H20N2O/c1-24(2,3)21-20-18-10-6-7-11-19(18)27-23(20)26-22(25-21)17-13-12-15-8-4-5-9-16(15)14-17/h4-14H,1-3H3. The molecule has 2 heterocycles. The summed E-state index contributed by atoms with van der Waals surface area (Å²) in [5.41, 5.74) is 3.39. The Hall–Kier alpha value is -3.20. The molecule has 0 fully saturated rings. The van der Waals surface area contributed by atoms with Gasteiger partial charge < -0.3 is 4.42 Å². The van der Waals surface area contributed by atoms with E-state index in [0.29, 0.717) is 11.5 Å². The van der Waals surface area contributed by atoms with Crippen molar-refractivity contribution in [3.63, 3.8) is 0 Å². The van der Waals surface area contributed by atoms with Crippen LogP contribution in [-0.2, 0) is 5.41 Å². The first-order chi connectivity index (χ1) is 13.0. The van der Waals surface area contributed by atoms with Gasteiger partial charge in [-0.05, 0) is 22.9 Å².